The van der Waals surface area contributed by atoms with Crippen molar-refractivity contribution in [3.05, 3.63) is 17.5 Å². The maximum atomic E-state index is 4.33. The Labute approximate surface area is 91.9 Å². The first-order valence-electron chi connectivity index (χ1n) is 5.96. The highest BCUT2D eigenvalue weighted by Gasteiger charge is 2.16. The summed E-state index contributed by atoms with van der Waals surface area (Å²) < 4.78 is 1.96. The molecule has 3 heteroatoms. The molecule has 0 unspecified atom stereocenters. The SMILES string of the molecule is Cc1cc(CNCCC2CCC2)n(C)n1. The first-order chi connectivity index (χ1) is 7.25. The molecule has 1 fully saturated rings. The van der Waals surface area contributed by atoms with Gasteiger partial charge in [0.15, 0.2) is 0 Å². The second kappa shape index (κ2) is 4.79. The van der Waals surface area contributed by atoms with Crippen LogP contribution in [-0.4, -0.2) is 16.3 Å². The summed E-state index contributed by atoms with van der Waals surface area (Å²) in [4.78, 5) is 0. The fraction of sp³-hybridized carbons (Fsp3) is 0.750. The first-order valence-corrected chi connectivity index (χ1v) is 5.96. The summed E-state index contributed by atoms with van der Waals surface area (Å²) in [6.45, 7) is 4.14. The molecule has 0 aromatic carbocycles. The molecule has 84 valence electrons. The summed E-state index contributed by atoms with van der Waals surface area (Å²) >= 11 is 0. The van der Waals surface area contributed by atoms with Crippen LogP contribution in [0, 0.1) is 12.8 Å². The molecule has 15 heavy (non-hydrogen) atoms. The smallest absolute Gasteiger partial charge is 0.0597 e. The summed E-state index contributed by atoms with van der Waals surface area (Å²) in [5, 5.41) is 7.82. The number of hydrogen-bond donors (Lipinski definition) is 1. The van der Waals surface area contributed by atoms with E-state index in [1.54, 1.807) is 0 Å². The first kappa shape index (κ1) is 10.7. The molecule has 0 spiro atoms. The fourth-order valence-corrected chi connectivity index (χ4v) is 2.13. The third kappa shape index (κ3) is 2.81. The van der Waals surface area contributed by atoms with Crippen LogP contribution in [0.25, 0.3) is 0 Å². The van der Waals surface area contributed by atoms with Gasteiger partial charge in [-0.2, -0.15) is 5.10 Å². The molecule has 0 radical (unpaired) electrons. The Morgan fingerprint density at radius 1 is 1.53 bits per heavy atom. The van der Waals surface area contributed by atoms with Gasteiger partial charge in [0.25, 0.3) is 0 Å². The molecular weight excluding hydrogens is 186 g/mol. The maximum Gasteiger partial charge on any atom is 0.0597 e. The number of hydrogen-bond acceptors (Lipinski definition) is 2. The van der Waals surface area contributed by atoms with E-state index in [4.69, 9.17) is 0 Å². The lowest BCUT2D eigenvalue weighted by Gasteiger charge is -2.25. The van der Waals surface area contributed by atoms with Gasteiger partial charge in [-0.1, -0.05) is 19.3 Å². The molecule has 2 rings (SSSR count). The molecule has 0 bridgehead atoms. The van der Waals surface area contributed by atoms with Crippen molar-refractivity contribution in [3.63, 3.8) is 0 Å². The second-order valence-electron chi connectivity index (χ2n) is 4.66. The molecule has 0 saturated heterocycles. The summed E-state index contributed by atoms with van der Waals surface area (Å²) in [6.07, 6.45) is 5.70. The zero-order chi connectivity index (χ0) is 10.7. The monoisotopic (exact) mass is 207 g/mol. The van der Waals surface area contributed by atoms with Crippen LogP contribution < -0.4 is 5.32 Å². The highest BCUT2D eigenvalue weighted by Crippen LogP contribution is 2.28. The van der Waals surface area contributed by atoms with Crippen molar-refractivity contribution in [2.75, 3.05) is 6.54 Å². The van der Waals surface area contributed by atoms with E-state index in [-0.39, 0.29) is 0 Å². The van der Waals surface area contributed by atoms with E-state index in [1.165, 1.54) is 31.4 Å². The summed E-state index contributed by atoms with van der Waals surface area (Å²) in [6, 6.07) is 2.15. The van der Waals surface area contributed by atoms with E-state index >= 15 is 0 Å². The van der Waals surface area contributed by atoms with E-state index in [0.29, 0.717) is 0 Å². The topological polar surface area (TPSA) is 29.9 Å². The number of rotatable bonds is 5. The largest absolute Gasteiger partial charge is 0.311 e. The highest BCUT2D eigenvalue weighted by atomic mass is 15.3. The van der Waals surface area contributed by atoms with Crippen molar-refractivity contribution < 1.29 is 0 Å². The lowest BCUT2D eigenvalue weighted by molar-refractivity contribution is 0.291. The van der Waals surface area contributed by atoms with Gasteiger partial charge in [-0.15, -0.1) is 0 Å². The molecule has 1 saturated carbocycles. The van der Waals surface area contributed by atoms with Gasteiger partial charge in [0.2, 0.25) is 0 Å². The molecule has 1 aliphatic rings. The molecule has 0 atom stereocenters. The Bertz CT molecular complexity index is 313. The predicted octanol–water partition coefficient (Wildman–Crippen LogP) is 2.01. The molecule has 1 aromatic heterocycles. The predicted molar refractivity (Wildman–Crippen MR) is 61.6 cm³/mol. The Morgan fingerprint density at radius 3 is 2.87 bits per heavy atom. The fourth-order valence-electron chi connectivity index (χ4n) is 2.13. The lowest BCUT2D eigenvalue weighted by Crippen LogP contribution is -2.22. The molecule has 1 aliphatic carbocycles. The van der Waals surface area contributed by atoms with Crippen molar-refractivity contribution in [2.45, 2.75) is 39.2 Å². The van der Waals surface area contributed by atoms with Crippen LogP contribution in [0.15, 0.2) is 6.07 Å². The minimum absolute atomic E-state index is 0.948. The van der Waals surface area contributed by atoms with Crippen LogP contribution in [0.3, 0.4) is 0 Å². The zero-order valence-corrected chi connectivity index (χ0v) is 9.79. The molecule has 1 aromatic rings. The van der Waals surface area contributed by atoms with Gasteiger partial charge in [-0.05, 0) is 31.9 Å². The zero-order valence-electron chi connectivity index (χ0n) is 9.79. The lowest BCUT2D eigenvalue weighted by atomic mass is 9.83. The van der Waals surface area contributed by atoms with Crippen molar-refractivity contribution in [3.8, 4) is 0 Å². The number of aryl methyl sites for hydroxylation is 2. The Hall–Kier alpha value is -0.830. The van der Waals surface area contributed by atoms with Gasteiger partial charge in [-0.25, -0.2) is 0 Å². The van der Waals surface area contributed by atoms with Crippen LogP contribution in [0.2, 0.25) is 0 Å². The van der Waals surface area contributed by atoms with Gasteiger partial charge in [-0.3, -0.25) is 4.68 Å². The summed E-state index contributed by atoms with van der Waals surface area (Å²) in [5.74, 6) is 1.01. The number of aromatic nitrogens is 2. The van der Waals surface area contributed by atoms with Crippen LogP contribution in [0.4, 0.5) is 0 Å². The van der Waals surface area contributed by atoms with Crippen molar-refractivity contribution in [2.24, 2.45) is 13.0 Å². The van der Waals surface area contributed by atoms with Crippen LogP contribution in [0.5, 0.6) is 0 Å². The van der Waals surface area contributed by atoms with Crippen LogP contribution in [0.1, 0.15) is 37.1 Å². The van der Waals surface area contributed by atoms with Crippen LogP contribution in [-0.2, 0) is 13.6 Å². The van der Waals surface area contributed by atoms with Gasteiger partial charge < -0.3 is 5.32 Å². The van der Waals surface area contributed by atoms with Crippen molar-refractivity contribution in [1.29, 1.82) is 0 Å². The quantitative estimate of drug-likeness (QED) is 0.748. The maximum absolute atomic E-state index is 4.33. The average molecular weight is 207 g/mol. The molecule has 1 N–H and O–H groups in total. The van der Waals surface area contributed by atoms with E-state index in [2.05, 4.69) is 16.5 Å². The van der Waals surface area contributed by atoms with Crippen molar-refractivity contribution >= 4 is 0 Å². The Morgan fingerprint density at radius 2 is 2.33 bits per heavy atom. The normalized spacial score (nSPS) is 16.7. The number of nitrogens with zero attached hydrogens (tertiary/aromatic N) is 2. The number of nitrogens with one attached hydrogen (secondary N) is 1. The minimum atomic E-state index is 0.948. The molecular formula is C12H21N3. The molecule has 0 amide bonds. The Balaban J connectivity index is 1.66. The summed E-state index contributed by atoms with van der Waals surface area (Å²) in [7, 11) is 2.01. The molecule has 0 aliphatic heterocycles. The minimum Gasteiger partial charge on any atom is -0.311 e. The van der Waals surface area contributed by atoms with Gasteiger partial charge in [0.05, 0.1) is 11.4 Å². The molecule has 1 heterocycles. The van der Waals surface area contributed by atoms with E-state index in [0.717, 1.165) is 24.7 Å². The van der Waals surface area contributed by atoms with E-state index in [9.17, 15) is 0 Å². The average Bonchev–Trinajstić information content (AvgIpc) is 2.42. The third-order valence-electron chi connectivity index (χ3n) is 3.36. The van der Waals surface area contributed by atoms with Gasteiger partial charge in [0, 0.05) is 13.6 Å². The Kier molecular flexibility index (Phi) is 3.41. The molecule has 3 nitrogen and oxygen atoms in total. The van der Waals surface area contributed by atoms with Gasteiger partial charge in [0.1, 0.15) is 0 Å². The van der Waals surface area contributed by atoms with Gasteiger partial charge >= 0.3 is 0 Å². The summed E-state index contributed by atoms with van der Waals surface area (Å²) in [5.41, 5.74) is 2.38. The standard InChI is InChI=1S/C12H21N3/c1-10-8-12(15(2)14-10)9-13-7-6-11-4-3-5-11/h8,11,13H,3-7,9H2,1-2H3. The van der Waals surface area contributed by atoms with E-state index < -0.39 is 0 Å². The van der Waals surface area contributed by atoms with E-state index in [1.807, 2.05) is 18.7 Å². The second-order valence-corrected chi connectivity index (χ2v) is 4.66. The third-order valence-corrected chi connectivity index (χ3v) is 3.36. The highest BCUT2D eigenvalue weighted by molar-refractivity contribution is 5.08. The van der Waals surface area contributed by atoms with Crippen LogP contribution >= 0.6 is 0 Å². The van der Waals surface area contributed by atoms with Crippen molar-refractivity contribution in [1.82, 2.24) is 15.1 Å².